The molecule has 0 radical (unpaired) electrons. The number of carboxylic acid groups (broad SMARTS) is 1. The molecule has 0 saturated carbocycles. The van der Waals surface area contributed by atoms with Gasteiger partial charge in [-0.15, -0.1) is 0 Å². The highest BCUT2D eigenvalue weighted by Crippen LogP contribution is 2.25. The number of benzene rings is 2. The fourth-order valence-electron chi connectivity index (χ4n) is 3.31. The van der Waals surface area contributed by atoms with E-state index < -0.39 is 12.1 Å². The number of rotatable bonds is 2. The third kappa shape index (κ3) is 5.64. The minimum Gasteiger partial charge on any atom is -0.475 e. The number of H-pyrrole nitrogens is 1. The molecule has 3 aromatic rings. The third-order valence-electron chi connectivity index (χ3n) is 4.87. The Hall–Kier alpha value is -3.33. The summed E-state index contributed by atoms with van der Waals surface area (Å²) in [4.78, 5) is 26.7. The van der Waals surface area contributed by atoms with Crippen molar-refractivity contribution in [2.75, 3.05) is 26.2 Å². The number of carbonyl (C=O) groups is 2. The lowest BCUT2D eigenvalue weighted by Crippen LogP contribution is -2.46. The van der Waals surface area contributed by atoms with Crippen molar-refractivity contribution in [3.63, 3.8) is 0 Å². The second kappa shape index (κ2) is 9.22. The van der Waals surface area contributed by atoms with Gasteiger partial charge in [0.25, 0.3) is 5.91 Å². The molecule has 6 nitrogen and oxygen atoms in total. The van der Waals surface area contributed by atoms with Crippen LogP contribution in [0.15, 0.2) is 48.5 Å². The fraction of sp³-hybridized carbons (Fsp3) is 0.273. The molecule has 1 aromatic heterocycles. The van der Waals surface area contributed by atoms with Crippen molar-refractivity contribution >= 4 is 22.8 Å². The molecule has 0 unspecified atom stereocenters. The minimum absolute atomic E-state index is 0.125. The largest absolute Gasteiger partial charge is 0.490 e. The SMILES string of the molecule is Cc1cc2cc(-c3ccc(C(=O)N4CCNCC4)cc3)ccc2[nH]1.O=C(O)C(F)(F)F. The van der Waals surface area contributed by atoms with Crippen LogP contribution >= 0.6 is 0 Å². The number of hydrogen-bond acceptors (Lipinski definition) is 3. The number of hydrogen-bond donors (Lipinski definition) is 3. The van der Waals surface area contributed by atoms with Gasteiger partial charge in [-0.3, -0.25) is 4.79 Å². The summed E-state index contributed by atoms with van der Waals surface area (Å²) in [5, 5.41) is 11.6. The van der Waals surface area contributed by atoms with Crippen molar-refractivity contribution in [2.45, 2.75) is 13.1 Å². The van der Waals surface area contributed by atoms with Crippen LogP contribution in [-0.2, 0) is 4.79 Å². The van der Waals surface area contributed by atoms with E-state index in [1.54, 1.807) is 0 Å². The van der Waals surface area contributed by atoms with Gasteiger partial charge in [0.2, 0.25) is 0 Å². The average molecular weight is 433 g/mol. The number of aryl methyl sites for hydroxylation is 1. The summed E-state index contributed by atoms with van der Waals surface area (Å²) in [5.41, 5.74) is 5.38. The molecule has 1 fully saturated rings. The molecular weight excluding hydrogens is 411 g/mol. The topological polar surface area (TPSA) is 85.4 Å². The van der Waals surface area contributed by atoms with E-state index in [4.69, 9.17) is 9.90 Å². The standard InChI is InChI=1S/C20H21N3O.C2HF3O2/c1-14-12-18-13-17(6-7-19(18)22-14)15-2-4-16(5-3-15)20(24)23-10-8-21-9-11-23;3-2(4,5)1(6)7/h2-7,12-13,21-22H,8-11H2,1H3;(H,6,7). The van der Waals surface area contributed by atoms with Gasteiger partial charge >= 0.3 is 12.1 Å². The maximum Gasteiger partial charge on any atom is 0.490 e. The minimum atomic E-state index is -5.08. The number of fused-ring (bicyclic) bond motifs is 1. The summed E-state index contributed by atoms with van der Waals surface area (Å²) in [6.45, 7) is 5.38. The highest BCUT2D eigenvalue weighted by Gasteiger charge is 2.38. The summed E-state index contributed by atoms with van der Waals surface area (Å²) in [6.07, 6.45) is -5.08. The van der Waals surface area contributed by atoms with E-state index in [2.05, 4.69) is 41.5 Å². The molecule has 9 heteroatoms. The van der Waals surface area contributed by atoms with E-state index in [9.17, 15) is 18.0 Å². The first kappa shape index (κ1) is 22.4. The van der Waals surface area contributed by atoms with Crippen LogP contribution in [0.4, 0.5) is 13.2 Å². The predicted octanol–water partition coefficient (Wildman–Crippen LogP) is 3.82. The Labute approximate surface area is 176 Å². The first-order valence-electron chi connectivity index (χ1n) is 9.65. The van der Waals surface area contributed by atoms with Crippen LogP contribution in [0, 0.1) is 6.92 Å². The predicted molar refractivity (Wildman–Crippen MR) is 111 cm³/mol. The zero-order valence-electron chi connectivity index (χ0n) is 16.8. The smallest absolute Gasteiger partial charge is 0.475 e. The lowest BCUT2D eigenvalue weighted by atomic mass is 10.0. The Bertz CT molecular complexity index is 1070. The van der Waals surface area contributed by atoms with Crippen LogP contribution in [0.1, 0.15) is 16.1 Å². The van der Waals surface area contributed by atoms with E-state index in [0.717, 1.165) is 42.8 Å². The first-order valence-corrected chi connectivity index (χ1v) is 9.65. The van der Waals surface area contributed by atoms with E-state index in [1.807, 2.05) is 29.2 Å². The number of aliphatic carboxylic acids is 1. The molecule has 1 saturated heterocycles. The van der Waals surface area contributed by atoms with Gasteiger partial charge in [0.15, 0.2) is 0 Å². The van der Waals surface area contributed by atoms with Crippen LogP contribution < -0.4 is 5.32 Å². The van der Waals surface area contributed by atoms with Gasteiger partial charge in [-0.1, -0.05) is 18.2 Å². The molecule has 31 heavy (non-hydrogen) atoms. The van der Waals surface area contributed by atoms with Crippen LogP contribution in [-0.4, -0.2) is 59.2 Å². The number of aromatic amines is 1. The van der Waals surface area contributed by atoms with Gasteiger partial charge in [0.1, 0.15) is 0 Å². The molecule has 1 aliphatic rings. The lowest BCUT2D eigenvalue weighted by Gasteiger charge is -2.27. The van der Waals surface area contributed by atoms with Gasteiger partial charge in [-0.05, 0) is 48.4 Å². The van der Waals surface area contributed by atoms with E-state index >= 15 is 0 Å². The fourth-order valence-corrected chi connectivity index (χ4v) is 3.31. The summed E-state index contributed by atoms with van der Waals surface area (Å²) in [7, 11) is 0. The van der Waals surface area contributed by atoms with Crippen molar-refractivity contribution in [2.24, 2.45) is 0 Å². The summed E-state index contributed by atoms with van der Waals surface area (Å²) in [5.74, 6) is -2.63. The molecule has 0 bridgehead atoms. The molecule has 3 N–H and O–H groups in total. The highest BCUT2D eigenvalue weighted by molar-refractivity contribution is 5.95. The molecule has 2 aromatic carbocycles. The number of piperazine rings is 1. The van der Waals surface area contributed by atoms with Gasteiger partial charge in [0, 0.05) is 48.3 Å². The summed E-state index contributed by atoms with van der Waals surface area (Å²) < 4.78 is 31.7. The second-order valence-electron chi connectivity index (χ2n) is 7.18. The Morgan fingerprint density at radius 1 is 0.968 bits per heavy atom. The van der Waals surface area contributed by atoms with E-state index in [1.165, 1.54) is 16.6 Å². The van der Waals surface area contributed by atoms with Crippen molar-refractivity contribution in [3.8, 4) is 11.1 Å². The Morgan fingerprint density at radius 3 is 2.13 bits per heavy atom. The lowest BCUT2D eigenvalue weighted by molar-refractivity contribution is -0.192. The highest BCUT2D eigenvalue weighted by atomic mass is 19.4. The summed E-state index contributed by atoms with van der Waals surface area (Å²) in [6, 6.07) is 16.5. The van der Waals surface area contributed by atoms with Crippen LogP contribution in [0.5, 0.6) is 0 Å². The molecule has 0 aliphatic carbocycles. The Morgan fingerprint density at radius 2 is 1.55 bits per heavy atom. The quantitative estimate of drug-likeness (QED) is 0.574. The molecule has 0 spiro atoms. The Balaban J connectivity index is 0.000000339. The third-order valence-corrected chi connectivity index (χ3v) is 4.87. The maximum atomic E-state index is 12.5. The number of nitrogens with one attached hydrogen (secondary N) is 2. The maximum absolute atomic E-state index is 12.5. The van der Waals surface area contributed by atoms with Gasteiger partial charge in [0.05, 0.1) is 0 Å². The molecule has 4 rings (SSSR count). The van der Waals surface area contributed by atoms with Crippen LogP contribution in [0.2, 0.25) is 0 Å². The monoisotopic (exact) mass is 433 g/mol. The van der Waals surface area contributed by atoms with Gasteiger partial charge < -0.3 is 20.3 Å². The van der Waals surface area contributed by atoms with Crippen molar-refractivity contribution in [3.05, 3.63) is 59.8 Å². The summed E-state index contributed by atoms with van der Waals surface area (Å²) >= 11 is 0. The molecule has 1 aliphatic heterocycles. The number of aromatic nitrogens is 1. The van der Waals surface area contributed by atoms with E-state index in [-0.39, 0.29) is 5.91 Å². The first-order chi connectivity index (χ1) is 14.6. The number of alkyl halides is 3. The van der Waals surface area contributed by atoms with Gasteiger partial charge in [-0.2, -0.15) is 13.2 Å². The van der Waals surface area contributed by atoms with Crippen molar-refractivity contribution in [1.82, 2.24) is 15.2 Å². The van der Waals surface area contributed by atoms with Crippen LogP contribution in [0.3, 0.4) is 0 Å². The molecular formula is C22H22F3N3O3. The number of halogens is 3. The second-order valence-corrected chi connectivity index (χ2v) is 7.18. The van der Waals surface area contributed by atoms with E-state index in [0.29, 0.717) is 0 Å². The van der Waals surface area contributed by atoms with Crippen molar-refractivity contribution < 1.29 is 27.9 Å². The number of carboxylic acids is 1. The molecule has 164 valence electrons. The molecule has 0 atom stereocenters. The zero-order chi connectivity index (χ0) is 22.6. The van der Waals surface area contributed by atoms with Gasteiger partial charge in [-0.25, -0.2) is 4.79 Å². The van der Waals surface area contributed by atoms with Crippen molar-refractivity contribution in [1.29, 1.82) is 0 Å². The van der Waals surface area contributed by atoms with Crippen LogP contribution in [0.25, 0.3) is 22.0 Å². The number of nitrogens with zero attached hydrogens (tertiary/aromatic N) is 1. The normalized spacial score (nSPS) is 14.1. The average Bonchev–Trinajstić information content (AvgIpc) is 3.13. The molecule has 1 amide bonds. The Kier molecular flexibility index (Phi) is 6.65. The number of carbonyl (C=O) groups excluding carboxylic acids is 1. The zero-order valence-corrected chi connectivity index (χ0v) is 16.8. The molecule has 2 heterocycles. The number of amides is 1.